The van der Waals surface area contributed by atoms with Crippen molar-refractivity contribution in [1.29, 1.82) is 0 Å². The molecule has 112 valence electrons. The minimum atomic E-state index is -1.13. The van der Waals surface area contributed by atoms with E-state index in [0.29, 0.717) is 6.54 Å². The molecule has 1 atom stereocenters. The highest BCUT2D eigenvalue weighted by Crippen LogP contribution is 2.23. The van der Waals surface area contributed by atoms with Gasteiger partial charge in [0.1, 0.15) is 0 Å². The first-order valence-electron chi connectivity index (χ1n) is 7.11. The minimum absolute atomic E-state index is 0.672. The summed E-state index contributed by atoms with van der Waals surface area (Å²) in [4.78, 5) is 0. The first-order valence-corrected chi connectivity index (χ1v) is 8.17. The quantitative estimate of drug-likeness (QED) is 0.765. The second-order valence-electron chi connectivity index (χ2n) is 5.01. The summed E-state index contributed by atoms with van der Waals surface area (Å²) in [5, 5.41) is 0. The van der Waals surface area contributed by atoms with Gasteiger partial charge in [0, 0.05) is 19.6 Å². The molecule has 1 aliphatic rings. The van der Waals surface area contributed by atoms with Gasteiger partial charge in [0.2, 0.25) is 0 Å². The lowest BCUT2D eigenvalue weighted by Gasteiger charge is -2.19. The molecule has 1 aromatic carbocycles. The predicted molar refractivity (Wildman–Crippen MR) is 91.3 cm³/mol. The van der Waals surface area contributed by atoms with Crippen LogP contribution in [0.1, 0.15) is 12.5 Å². The zero-order valence-electron chi connectivity index (χ0n) is 12.7. The Morgan fingerprint density at radius 2 is 2.05 bits per heavy atom. The largest absolute Gasteiger partial charge is 0.278 e. The molecule has 0 amide bonds. The van der Waals surface area contributed by atoms with Crippen molar-refractivity contribution >= 4 is 16.9 Å². The molecule has 0 saturated carbocycles. The molecule has 1 unspecified atom stereocenters. The van der Waals surface area contributed by atoms with E-state index >= 15 is 0 Å². The number of hydrogen-bond acceptors (Lipinski definition) is 1. The zero-order valence-corrected chi connectivity index (χ0v) is 13.5. The molecule has 3 nitrogen and oxygen atoms in total. The van der Waals surface area contributed by atoms with Gasteiger partial charge in [-0.05, 0) is 31.6 Å². The second kappa shape index (κ2) is 7.38. The van der Waals surface area contributed by atoms with Gasteiger partial charge in [-0.3, -0.25) is 4.31 Å². The molecule has 1 heterocycles. The fourth-order valence-corrected chi connectivity index (χ4v) is 3.61. The lowest BCUT2D eigenvalue weighted by atomic mass is 10.2. The Morgan fingerprint density at radius 3 is 2.67 bits per heavy atom. The Labute approximate surface area is 130 Å². The number of aryl methyl sites for hydroxylation is 1. The van der Waals surface area contributed by atoms with Gasteiger partial charge in [0.25, 0.3) is 0 Å². The maximum atomic E-state index is 12.6. The molecule has 4 heteroatoms. The van der Waals surface area contributed by atoms with E-state index in [9.17, 15) is 4.21 Å². The van der Waals surface area contributed by atoms with Crippen molar-refractivity contribution in [3.05, 3.63) is 66.3 Å². The lowest BCUT2D eigenvalue weighted by Crippen LogP contribution is -2.28. The molecule has 0 aliphatic carbocycles. The molecule has 1 aromatic rings. The number of hydrogen-bond donors (Lipinski definition) is 0. The molecule has 21 heavy (non-hydrogen) atoms. The first-order chi connectivity index (χ1) is 10.2. The average molecular weight is 302 g/mol. The van der Waals surface area contributed by atoms with Crippen LogP contribution in [0.3, 0.4) is 0 Å². The smallest absolute Gasteiger partial charge is 0.199 e. The Hall–Kier alpha value is -1.65. The third-order valence-electron chi connectivity index (χ3n) is 3.36. The van der Waals surface area contributed by atoms with E-state index in [1.165, 1.54) is 5.56 Å². The van der Waals surface area contributed by atoms with Gasteiger partial charge in [0.15, 0.2) is 11.2 Å². The third-order valence-corrected chi connectivity index (χ3v) is 4.88. The molecular formula is C17H22N2OS. The Kier molecular flexibility index (Phi) is 5.53. The van der Waals surface area contributed by atoms with Gasteiger partial charge in [0.05, 0.1) is 5.69 Å². The summed E-state index contributed by atoms with van der Waals surface area (Å²) >= 11 is -1.13. The molecule has 0 bridgehead atoms. The normalized spacial score (nSPS) is 20.4. The Bertz CT molecular complexity index is 575. The van der Waals surface area contributed by atoms with Crippen LogP contribution in [0.4, 0.5) is 5.69 Å². The van der Waals surface area contributed by atoms with Crippen LogP contribution in [-0.2, 0) is 11.2 Å². The first kappa shape index (κ1) is 15.7. The SMILES string of the molecule is C=C/C=C(\C=C/C)CN1CCN(c2ccc(C)cc2)S1=O. The summed E-state index contributed by atoms with van der Waals surface area (Å²) in [7, 11) is 0. The van der Waals surface area contributed by atoms with Crippen LogP contribution in [0, 0.1) is 6.92 Å². The predicted octanol–water partition coefficient (Wildman–Crippen LogP) is 3.38. The van der Waals surface area contributed by atoms with Gasteiger partial charge >= 0.3 is 0 Å². The fraction of sp³-hybridized carbons (Fsp3) is 0.294. The highest BCUT2D eigenvalue weighted by molar-refractivity contribution is 7.84. The molecule has 1 fully saturated rings. The van der Waals surface area contributed by atoms with E-state index in [4.69, 9.17) is 0 Å². The topological polar surface area (TPSA) is 23.6 Å². The van der Waals surface area contributed by atoms with Gasteiger partial charge < -0.3 is 0 Å². The number of benzene rings is 1. The molecule has 0 radical (unpaired) electrons. The van der Waals surface area contributed by atoms with Gasteiger partial charge in [-0.2, -0.15) is 0 Å². The molecule has 2 rings (SSSR count). The highest BCUT2D eigenvalue weighted by Gasteiger charge is 2.28. The number of nitrogens with zero attached hydrogens (tertiary/aromatic N) is 2. The van der Waals surface area contributed by atoms with Crippen LogP contribution in [0.15, 0.2) is 60.7 Å². The van der Waals surface area contributed by atoms with Crippen LogP contribution >= 0.6 is 0 Å². The third kappa shape index (κ3) is 3.93. The van der Waals surface area contributed by atoms with Crippen molar-refractivity contribution in [1.82, 2.24) is 4.31 Å². The molecular weight excluding hydrogens is 280 g/mol. The van der Waals surface area contributed by atoms with E-state index in [0.717, 1.165) is 24.4 Å². The molecule has 1 saturated heterocycles. The van der Waals surface area contributed by atoms with E-state index < -0.39 is 11.2 Å². The van der Waals surface area contributed by atoms with Crippen LogP contribution in [0.2, 0.25) is 0 Å². The van der Waals surface area contributed by atoms with Crippen molar-refractivity contribution in [2.75, 3.05) is 23.9 Å². The van der Waals surface area contributed by atoms with Crippen LogP contribution in [-0.4, -0.2) is 28.1 Å². The summed E-state index contributed by atoms with van der Waals surface area (Å²) in [6.07, 6.45) is 7.76. The summed E-state index contributed by atoms with van der Waals surface area (Å²) in [6, 6.07) is 8.17. The molecule has 0 N–H and O–H groups in total. The van der Waals surface area contributed by atoms with E-state index in [-0.39, 0.29) is 0 Å². The Balaban J connectivity index is 2.09. The van der Waals surface area contributed by atoms with Crippen molar-refractivity contribution < 1.29 is 4.21 Å². The van der Waals surface area contributed by atoms with Gasteiger partial charge in [-0.25, -0.2) is 8.51 Å². The maximum absolute atomic E-state index is 12.6. The molecule has 1 aliphatic heterocycles. The average Bonchev–Trinajstić information content (AvgIpc) is 2.82. The van der Waals surface area contributed by atoms with Crippen molar-refractivity contribution in [2.45, 2.75) is 13.8 Å². The number of rotatable bonds is 5. The summed E-state index contributed by atoms with van der Waals surface area (Å²) < 4.78 is 16.5. The molecule has 0 aromatic heterocycles. The number of allylic oxidation sites excluding steroid dienone is 3. The van der Waals surface area contributed by atoms with Crippen molar-refractivity contribution in [2.24, 2.45) is 0 Å². The standard InChI is InChI=1S/C17H22N2OS/c1-4-6-16(7-5-2)14-18-12-13-19(21(18)20)17-10-8-15(3)9-11-17/h4-11H,1,12-14H2,2-3H3/b7-5-,16-6+. The maximum Gasteiger partial charge on any atom is 0.199 e. The monoisotopic (exact) mass is 302 g/mol. The molecule has 0 spiro atoms. The number of anilines is 1. The Morgan fingerprint density at radius 1 is 1.33 bits per heavy atom. The van der Waals surface area contributed by atoms with E-state index in [2.05, 4.69) is 25.6 Å². The fourth-order valence-electron chi connectivity index (χ4n) is 2.29. The minimum Gasteiger partial charge on any atom is -0.278 e. The van der Waals surface area contributed by atoms with Crippen LogP contribution in [0.5, 0.6) is 0 Å². The van der Waals surface area contributed by atoms with Crippen LogP contribution < -0.4 is 4.31 Å². The second-order valence-corrected chi connectivity index (χ2v) is 6.43. The van der Waals surface area contributed by atoms with Crippen molar-refractivity contribution in [3.63, 3.8) is 0 Å². The van der Waals surface area contributed by atoms with Crippen LogP contribution in [0.25, 0.3) is 0 Å². The van der Waals surface area contributed by atoms with Crippen molar-refractivity contribution in [3.8, 4) is 0 Å². The van der Waals surface area contributed by atoms with Gasteiger partial charge in [-0.15, -0.1) is 0 Å². The van der Waals surface area contributed by atoms with E-state index in [1.807, 2.05) is 45.9 Å². The van der Waals surface area contributed by atoms with Gasteiger partial charge in [-0.1, -0.05) is 48.6 Å². The highest BCUT2D eigenvalue weighted by atomic mass is 32.2. The summed E-state index contributed by atoms with van der Waals surface area (Å²) in [5.41, 5.74) is 3.35. The zero-order chi connectivity index (χ0) is 15.2. The lowest BCUT2D eigenvalue weighted by molar-refractivity contribution is 0.523. The summed E-state index contributed by atoms with van der Waals surface area (Å²) in [6.45, 7) is 10.0. The summed E-state index contributed by atoms with van der Waals surface area (Å²) in [5.74, 6) is 0. The van der Waals surface area contributed by atoms with E-state index in [1.54, 1.807) is 6.08 Å².